The van der Waals surface area contributed by atoms with E-state index in [9.17, 15) is 0 Å². The molecule has 0 bridgehead atoms. The number of fused-ring (bicyclic) bond motifs is 1. The first-order valence-corrected chi connectivity index (χ1v) is 8.89. The lowest BCUT2D eigenvalue weighted by atomic mass is 9.94. The van der Waals surface area contributed by atoms with E-state index in [1.807, 2.05) is 38.4 Å². The van der Waals surface area contributed by atoms with Gasteiger partial charge in [0.1, 0.15) is 11.8 Å². The van der Waals surface area contributed by atoms with E-state index >= 15 is 0 Å². The molecule has 0 atom stereocenters. The van der Waals surface area contributed by atoms with E-state index in [1.165, 1.54) is 5.56 Å². The van der Waals surface area contributed by atoms with Gasteiger partial charge in [0, 0.05) is 18.0 Å². The molecule has 3 aromatic heterocycles. The molecule has 0 aliphatic heterocycles. The van der Waals surface area contributed by atoms with Gasteiger partial charge in [-0.3, -0.25) is 4.98 Å². The van der Waals surface area contributed by atoms with Crippen molar-refractivity contribution in [3.8, 4) is 16.9 Å². The van der Waals surface area contributed by atoms with Crippen LogP contribution in [0.3, 0.4) is 0 Å². The minimum absolute atomic E-state index is 0.0637. The molecule has 6 heteroatoms. The van der Waals surface area contributed by atoms with Gasteiger partial charge < -0.3 is 4.84 Å². The van der Waals surface area contributed by atoms with Gasteiger partial charge in [0.05, 0.1) is 29.5 Å². The molecular weight excluding hydrogens is 326 g/mol. The smallest absolute Gasteiger partial charge is 0.122 e. The molecule has 0 saturated carbocycles. The number of pyridine rings is 2. The Morgan fingerprint density at radius 2 is 2.08 bits per heavy atom. The molecule has 26 heavy (non-hydrogen) atoms. The Kier molecular flexibility index (Phi) is 4.48. The first-order valence-electron chi connectivity index (χ1n) is 8.89. The van der Waals surface area contributed by atoms with Gasteiger partial charge in [0.15, 0.2) is 0 Å². The lowest BCUT2D eigenvalue weighted by Crippen LogP contribution is -2.15. The normalized spacial score (nSPS) is 15.3. The van der Waals surface area contributed by atoms with Gasteiger partial charge in [0.2, 0.25) is 0 Å². The van der Waals surface area contributed by atoms with E-state index < -0.39 is 0 Å². The molecule has 0 spiro atoms. The van der Waals surface area contributed by atoms with Crippen molar-refractivity contribution in [1.29, 1.82) is 0 Å². The maximum atomic E-state index is 5.47. The summed E-state index contributed by atoms with van der Waals surface area (Å²) in [6, 6.07) is 8.06. The summed E-state index contributed by atoms with van der Waals surface area (Å²) >= 11 is 0. The second kappa shape index (κ2) is 7.07. The van der Waals surface area contributed by atoms with Crippen LogP contribution in [0.15, 0.2) is 54.2 Å². The second-order valence-corrected chi connectivity index (χ2v) is 6.63. The average molecular weight is 347 g/mol. The second-order valence-electron chi connectivity index (χ2n) is 6.63. The predicted molar refractivity (Wildman–Crippen MR) is 100 cm³/mol. The van der Waals surface area contributed by atoms with Gasteiger partial charge in [-0.25, -0.2) is 9.67 Å². The summed E-state index contributed by atoms with van der Waals surface area (Å²) in [5, 5.41) is 8.77. The van der Waals surface area contributed by atoms with Crippen LogP contribution in [0, 0.1) is 0 Å². The quantitative estimate of drug-likeness (QED) is 0.674. The molecule has 0 aromatic carbocycles. The molecule has 0 unspecified atom stereocenters. The van der Waals surface area contributed by atoms with Crippen LogP contribution in [0.4, 0.5) is 0 Å². The summed E-state index contributed by atoms with van der Waals surface area (Å²) < 4.78 is 1.81. The van der Waals surface area contributed by atoms with E-state index in [-0.39, 0.29) is 6.10 Å². The molecular formula is C20H21N5O. The van der Waals surface area contributed by atoms with Crippen LogP contribution in [-0.2, 0) is 11.3 Å². The highest BCUT2D eigenvalue weighted by Crippen LogP contribution is 2.25. The molecule has 3 heterocycles. The fourth-order valence-electron chi connectivity index (χ4n) is 3.01. The molecule has 0 fully saturated rings. The molecule has 1 aliphatic rings. The van der Waals surface area contributed by atoms with Crippen molar-refractivity contribution in [3.05, 3.63) is 60.3 Å². The largest absolute Gasteiger partial charge is 0.393 e. The fraction of sp³-hybridized carbons (Fsp3) is 0.300. The number of hydrogen-bond acceptors (Lipinski definition) is 5. The highest BCUT2D eigenvalue weighted by atomic mass is 16.6. The number of oxime groups is 1. The monoisotopic (exact) mass is 347 g/mol. The van der Waals surface area contributed by atoms with E-state index in [4.69, 9.17) is 9.82 Å². The van der Waals surface area contributed by atoms with Crippen molar-refractivity contribution < 1.29 is 4.84 Å². The number of aryl methyl sites for hydroxylation is 1. The number of nitrogens with zero attached hydrogens (tertiary/aromatic N) is 5. The zero-order chi connectivity index (χ0) is 17.9. The molecule has 3 aromatic rings. The highest BCUT2D eigenvalue weighted by molar-refractivity contribution is 6.01. The van der Waals surface area contributed by atoms with Crippen molar-refractivity contribution in [2.24, 2.45) is 5.16 Å². The minimum Gasteiger partial charge on any atom is -0.393 e. The van der Waals surface area contributed by atoms with Crippen LogP contribution in [-0.4, -0.2) is 31.6 Å². The predicted octanol–water partition coefficient (Wildman–Crippen LogP) is 3.79. The Morgan fingerprint density at radius 3 is 2.88 bits per heavy atom. The average Bonchev–Trinajstić information content (AvgIpc) is 3.17. The van der Waals surface area contributed by atoms with Crippen LogP contribution < -0.4 is 0 Å². The molecule has 1 aliphatic carbocycles. The lowest BCUT2D eigenvalue weighted by molar-refractivity contribution is 0.0854. The Bertz CT molecular complexity index is 930. The standard InChI is InChI=1S/C20H21N5O/c1-14(2)26-24-19-7-3-5-15-8-9-18(23-20(15)19)16-11-22-25(13-16)17-6-4-10-21-12-17/h4,6,8-14H,3,5,7H2,1-2H3. The topological polar surface area (TPSA) is 65.2 Å². The number of hydrogen-bond donors (Lipinski definition) is 0. The van der Waals surface area contributed by atoms with E-state index in [1.54, 1.807) is 17.1 Å². The third-order valence-electron chi connectivity index (χ3n) is 4.27. The fourth-order valence-corrected chi connectivity index (χ4v) is 3.01. The number of rotatable bonds is 4. The van der Waals surface area contributed by atoms with Gasteiger partial charge in [-0.15, -0.1) is 0 Å². The van der Waals surface area contributed by atoms with Crippen LogP contribution >= 0.6 is 0 Å². The number of aromatic nitrogens is 4. The Labute approximate surface area is 152 Å². The van der Waals surface area contributed by atoms with E-state index in [0.29, 0.717) is 0 Å². The van der Waals surface area contributed by atoms with E-state index in [0.717, 1.165) is 47.6 Å². The van der Waals surface area contributed by atoms with Crippen molar-refractivity contribution in [2.45, 2.75) is 39.2 Å². The first kappa shape index (κ1) is 16.4. The van der Waals surface area contributed by atoms with Crippen LogP contribution in [0.2, 0.25) is 0 Å². The molecule has 0 radical (unpaired) electrons. The maximum absolute atomic E-state index is 5.47. The van der Waals surface area contributed by atoms with Gasteiger partial charge >= 0.3 is 0 Å². The zero-order valence-corrected chi connectivity index (χ0v) is 15.0. The summed E-state index contributed by atoms with van der Waals surface area (Å²) in [5.74, 6) is 0. The summed E-state index contributed by atoms with van der Waals surface area (Å²) in [7, 11) is 0. The molecule has 6 nitrogen and oxygen atoms in total. The Morgan fingerprint density at radius 1 is 1.15 bits per heavy atom. The van der Waals surface area contributed by atoms with Crippen LogP contribution in [0.1, 0.15) is 37.9 Å². The SMILES string of the molecule is CC(C)ON=C1CCCc2ccc(-c3cnn(-c4cccnc4)c3)nc21. The summed E-state index contributed by atoms with van der Waals surface area (Å²) in [6.07, 6.45) is 10.4. The summed E-state index contributed by atoms with van der Waals surface area (Å²) in [5.41, 5.74) is 5.88. The molecule has 0 N–H and O–H groups in total. The molecule has 132 valence electrons. The highest BCUT2D eigenvalue weighted by Gasteiger charge is 2.19. The van der Waals surface area contributed by atoms with Gasteiger partial charge in [-0.2, -0.15) is 5.10 Å². The van der Waals surface area contributed by atoms with Gasteiger partial charge in [-0.05, 0) is 56.9 Å². The Balaban J connectivity index is 1.68. The van der Waals surface area contributed by atoms with Crippen molar-refractivity contribution in [3.63, 3.8) is 0 Å². The van der Waals surface area contributed by atoms with Crippen molar-refractivity contribution in [1.82, 2.24) is 19.7 Å². The third kappa shape index (κ3) is 3.35. The van der Waals surface area contributed by atoms with Crippen LogP contribution in [0.5, 0.6) is 0 Å². The summed E-state index contributed by atoms with van der Waals surface area (Å²) in [6.45, 7) is 3.95. The molecule has 0 saturated heterocycles. The first-order chi connectivity index (χ1) is 12.7. The van der Waals surface area contributed by atoms with Crippen molar-refractivity contribution in [2.75, 3.05) is 0 Å². The maximum Gasteiger partial charge on any atom is 0.122 e. The summed E-state index contributed by atoms with van der Waals surface area (Å²) in [4.78, 5) is 14.5. The minimum atomic E-state index is 0.0637. The molecule has 0 amide bonds. The molecule has 4 rings (SSSR count). The van der Waals surface area contributed by atoms with Gasteiger partial charge in [0.25, 0.3) is 0 Å². The van der Waals surface area contributed by atoms with Crippen molar-refractivity contribution >= 4 is 5.71 Å². The lowest BCUT2D eigenvalue weighted by Gasteiger charge is -2.17. The van der Waals surface area contributed by atoms with Gasteiger partial charge in [-0.1, -0.05) is 11.2 Å². The van der Waals surface area contributed by atoms with Crippen LogP contribution in [0.25, 0.3) is 16.9 Å². The van der Waals surface area contributed by atoms with E-state index in [2.05, 4.69) is 27.4 Å². The zero-order valence-electron chi connectivity index (χ0n) is 15.0. The Hall–Kier alpha value is -3.02. The third-order valence-corrected chi connectivity index (χ3v) is 4.27.